The summed E-state index contributed by atoms with van der Waals surface area (Å²) < 4.78 is 5.37. The van der Waals surface area contributed by atoms with Gasteiger partial charge in [0.25, 0.3) is 11.8 Å². The topological polar surface area (TPSA) is 102 Å². The van der Waals surface area contributed by atoms with Crippen molar-refractivity contribution in [3.63, 3.8) is 0 Å². The molecule has 0 spiro atoms. The van der Waals surface area contributed by atoms with Crippen molar-refractivity contribution in [2.45, 2.75) is 31.9 Å². The number of hydrogen-bond acceptors (Lipinski definition) is 5. The Morgan fingerprint density at radius 2 is 1.79 bits per heavy atom. The molecule has 1 atom stereocenters. The summed E-state index contributed by atoms with van der Waals surface area (Å²) in [5.41, 5.74) is 5.99. The van der Waals surface area contributed by atoms with Crippen LogP contribution in [0.1, 0.15) is 35.7 Å². The summed E-state index contributed by atoms with van der Waals surface area (Å²) in [6.07, 6.45) is 0.508. The molecule has 0 aromatic heterocycles. The van der Waals surface area contributed by atoms with Crippen LogP contribution in [0, 0.1) is 0 Å². The third-order valence-electron chi connectivity index (χ3n) is 4.99. The van der Waals surface area contributed by atoms with Crippen LogP contribution in [0.25, 0.3) is 0 Å². The Morgan fingerprint density at radius 1 is 1.11 bits per heavy atom. The van der Waals surface area contributed by atoms with E-state index in [-0.39, 0.29) is 17.9 Å². The summed E-state index contributed by atoms with van der Waals surface area (Å²) >= 11 is 0. The van der Waals surface area contributed by atoms with E-state index in [2.05, 4.69) is 5.32 Å². The number of rotatable bonds is 4. The molecule has 2 aromatic rings. The van der Waals surface area contributed by atoms with E-state index >= 15 is 0 Å². The highest BCUT2D eigenvalue weighted by molar-refractivity contribution is 6.10. The maximum atomic E-state index is 12.8. The zero-order chi connectivity index (χ0) is 20.1. The molecule has 1 fully saturated rings. The standard InChI is InChI=1S/C21H23N3O4/c1-21(19(26)23-18(25)16-10-5-6-11-17(16)22)12-7-13-24(21)20(27)28-14-15-8-3-2-4-9-15/h2-6,8-11H,7,12-14,22H2,1H3,(H,23,25,26). The zero-order valence-corrected chi connectivity index (χ0v) is 15.7. The lowest BCUT2D eigenvalue weighted by Crippen LogP contribution is -2.56. The summed E-state index contributed by atoms with van der Waals surface area (Å²) in [6.45, 7) is 2.15. The van der Waals surface area contributed by atoms with Crippen molar-refractivity contribution in [1.29, 1.82) is 0 Å². The molecule has 7 heteroatoms. The number of benzene rings is 2. The molecule has 0 bridgehead atoms. The molecule has 1 aliphatic rings. The van der Waals surface area contributed by atoms with Crippen LogP contribution in [0.4, 0.5) is 10.5 Å². The lowest BCUT2D eigenvalue weighted by atomic mass is 9.97. The van der Waals surface area contributed by atoms with Gasteiger partial charge in [-0.2, -0.15) is 0 Å². The van der Waals surface area contributed by atoms with Crippen molar-refractivity contribution >= 4 is 23.6 Å². The van der Waals surface area contributed by atoms with Crippen LogP contribution in [0.3, 0.4) is 0 Å². The maximum absolute atomic E-state index is 12.8. The number of hydrogen-bond donors (Lipinski definition) is 2. The van der Waals surface area contributed by atoms with Crippen molar-refractivity contribution in [3.05, 3.63) is 65.7 Å². The molecule has 3 N–H and O–H groups in total. The molecule has 1 unspecified atom stereocenters. The van der Waals surface area contributed by atoms with Gasteiger partial charge in [0, 0.05) is 12.2 Å². The van der Waals surface area contributed by atoms with E-state index in [0.717, 1.165) is 5.56 Å². The predicted molar refractivity (Wildman–Crippen MR) is 104 cm³/mol. The molecule has 2 aromatic carbocycles. The van der Waals surface area contributed by atoms with E-state index in [9.17, 15) is 14.4 Å². The highest BCUT2D eigenvalue weighted by Crippen LogP contribution is 2.30. The fourth-order valence-corrected chi connectivity index (χ4v) is 3.30. The third kappa shape index (κ3) is 3.98. The molecule has 3 rings (SSSR count). The Bertz CT molecular complexity index is 884. The monoisotopic (exact) mass is 381 g/mol. The van der Waals surface area contributed by atoms with Crippen LogP contribution in [0.5, 0.6) is 0 Å². The first-order chi connectivity index (χ1) is 13.4. The average molecular weight is 381 g/mol. The molecular weight excluding hydrogens is 358 g/mol. The van der Waals surface area contributed by atoms with Crippen molar-refractivity contribution < 1.29 is 19.1 Å². The number of nitrogens with zero attached hydrogens (tertiary/aromatic N) is 1. The fraction of sp³-hybridized carbons (Fsp3) is 0.286. The SMILES string of the molecule is CC1(C(=O)NC(=O)c2ccccc2N)CCCN1C(=O)OCc1ccccc1. The van der Waals surface area contributed by atoms with E-state index in [1.54, 1.807) is 31.2 Å². The van der Waals surface area contributed by atoms with Crippen LogP contribution in [0.2, 0.25) is 0 Å². The van der Waals surface area contributed by atoms with Gasteiger partial charge in [-0.3, -0.25) is 19.8 Å². The number of para-hydroxylation sites is 1. The van der Waals surface area contributed by atoms with Gasteiger partial charge in [0.15, 0.2) is 0 Å². The van der Waals surface area contributed by atoms with Gasteiger partial charge in [-0.15, -0.1) is 0 Å². The Hall–Kier alpha value is -3.35. The minimum atomic E-state index is -1.16. The second-order valence-corrected chi connectivity index (χ2v) is 6.94. The Labute approximate surface area is 163 Å². The van der Waals surface area contributed by atoms with Crippen LogP contribution < -0.4 is 11.1 Å². The predicted octanol–water partition coefficient (Wildman–Crippen LogP) is 2.72. The molecule has 0 aliphatic carbocycles. The van der Waals surface area contributed by atoms with Gasteiger partial charge in [0.2, 0.25) is 0 Å². The lowest BCUT2D eigenvalue weighted by Gasteiger charge is -2.32. The summed E-state index contributed by atoms with van der Waals surface area (Å²) in [5, 5.41) is 2.37. The van der Waals surface area contributed by atoms with Gasteiger partial charge in [-0.05, 0) is 37.5 Å². The normalized spacial score (nSPS) is 18.5. The lowest BCUT2D eigenvalue weighted by molar-refractivity contribution is -0.129. The van der Waals surface area contributed by atoms with Crippen molar-refractivity contribution in [1.82, 2.24) is 10.2 Å². The van der Waals surface area contributed by atoms with Gasteiger partial charge in [-0.25, -0.2) is 4.79 Å². The van der Waals surface area contributed by atoms with E-state index in [4.69, 9.17) is 10.5 Å². The first-order valence-corrected chi connectivity index (χ1v) is 9.10. The fourth-order valence-electron chi connectivity index (χ4n) is 3.30. The molecule has 1 heterocycles. The molecule has 0 radical (unpaired) electrons. The quantitative estimate of drug-likeness (QED) is 0.626. The number of carbonyl (C=O) groups excluding carboxylic acids is 3. The number of likely N-dealkylation sites (tertiary alicyclic amines) is 1. The number of ether oxygens (including phenoxy) is 1. The Kier molecular flexibility index (Phi) is 5.63. The highest BCUT2D eigenvalue weighted by Gasteiger charge is 2.47. The van der Waals surface area contributed by atoms with Gasteiger partial charge in [-0.1, -0.05) is 42.5 Å². The second-order valence-electron chi connectivity index (χ2n) is 6.94. The number of amides is 3. The van der Waals surface area contributed by atoms with Crippen molar-refractivity contribution in [2.24, 2.45) is 0 Å². The van der Waals surface area contributed by atoms with Crippen LogP contribution in [-0.2, 0) is 16.1 Å². The van der Waals surface area contributed by atoms with Crippen LogP contribution in [0.15, 0.2) is 54.6 Å². The first kappa shape index (κ1) is 19.4. The summed E-state index contributed by atoms with van der Waals surface area (Å²) in [5.74, 6) is -1.14. The van der Waals surface area contributed by atoms with Gasteiger partial charge >= 0.3 is 6.09 Å². The smallest absolute Gasteiger partial charge is 0.410 e. The largest absolute Gasteiger partial charge is 0.445 e. The number of nitrogens with one attached hydrogen (secondary N) is 1. The molecule has 1 aliphatic heterocycles. The van der Waals surface area contributed by atoms with E-state index < -0.39 is 23.4 Å². The number of anilines is 1. The number of carbonyl (C=O) groups is 3. The van der Waals surface area contributed by atoms with E-state index in [0.29, 0.717) is 19.4 Å². The van der Waals surface area contributed by atoms with E-state index in [1.807, 2.05) is 30.3 Å². The number of nitrogen functional groups attached to an aromatic ring is 1. The maximum Gasteiger partial charge on any atom is 0.410 e. The van der Waals surface area contributed by atoms with Gasteiger partial charge in [0.1, 0.15) is 12.1 Å². The van der Waals surface area contributed by atoms with Crippen molar-refractivity contribution in [2.75, 3.05) is 12.3 Å². The summed E-state index contributed by atoms with van der Waals surface area (Å²) in [4.78, 5) is 39.2. The van der Waals surface area contributed by atoms with Crippen LogP contribution >= 0.6 is 0 Å². The minimum absolute atomic E-state index is 0.118. The molecule has 1 saturated heterocycles. The Morgan fingerprint density at radius 3 is 2.50 bits per heavy atom. The third-order valence-corrected chi connectivity index (χ3v) is 4.99. The molecular formula is C21H23N3O4. The summed E-state index contributed by atoms with van der Waals surface area (Å²) in [7, 11) is 0. The molecule has 0 saturated carbocycles. The summed E-state index contributed by atoms with van der Waals surface area (Å²) in [6, 6.07) is 15.8. The van der Waals surface area contributed by atoms with Crippen molar-refractivity contribution in [3.8, 4) is 0 Å². The molecule has 28 heavy (non-hydrogen) atoms. The van der Waals surface area contributed by atoms with Gasteiger partial charge in [0.05, 0.1) is 5.56 Å². The number of nitrogens with two attached hydrogens (primary N) is 1. The number of imide groups is 1. The first-order valence-electron chi connectivity index (χ1n) is 9.10. The van der Waals surface area contributed by atoms with Gasteiger partial charge < -0.3 is 10.5 Å². The molecule has 3 amide bonds. The zero-order valence-electron chi connectivity index (χ0n) is 15.7. The molecule has 146 valence electrons. The Balaban J connectivity index is 1.67. The molecule has 7 nitrogen and oxygen atoms in total. The minimum Gasteiger partial charge on any atom is -0.445 e. The van der Waals surface area contributed by atoms with E-state index in [1.165, 1.54) is 4.90 Å². The average Bonchev–Trinajstić information content (AvgIpc) is 3.10. The van der Waals surface area contributed by atoms with Crippen LogP contribution in [-0.4, -0.2) is 34.9 Å². The second kappa shape index (κ2) is 8.12. The highest BCUT2D eigenvalue weighted by atomic mass is 16.6.